The molecule has 18 heavy (non-hydrogen) atoms. The average Bonchev–Trinajstić information content (AvgIpc) is 3.10. The number of benzene rings is 1. The minimum Gasteiger partial charge on any atom is -0.330 e. The molecule has 2 rings (SSSR count). The Kier molecular flexibility index (Phi) is 4.15. The summed E-state index contributed by atoms with van der Waals surface area (Å²) in [6.07, 6.45) is 2.57. The molecule has 1 aliphatic rings. The van der Waals surface area contributed by atoms with Gasteiger partial charge in [0.1, 0.15) is 0 Å². The largest absolute Gasteiger partial charge is 0.330 e. The Balaban J connectivity index is 1.88. The van der Waals surface area contributed by atoms with Crippen molar-refractivity contribution in [2.45, 2.75) is 32.1 Å². The van der Waals surface area contributed by atoms with Crippen molar-refractivity contribution < 1.29 is 0 Å². The van der Waals surface area contributed by atoms with Gasteiger partial charge in [-0.2, -0.15) is 0 Å². The van der Waals surface area contributed by atoms with Crippen LogP contribution in [0.2, 0.25) is 0 Å². The highest BCUT2D eigenvalue weighted by Gasteiger charge is 2.40. The maximum Gasteiger partial charge on any atom is 0.0175 e. The van der Waals surface area contributed by atoms with E-state index >= 15 is 0 Å². The van der Waals surface area contributed by atoms with Gasteiger partial charge in [0, 0.05) is 23.0 Å². The summed E-state index contributed by atoms with van der Waals surface area (Å²) in [6.45, 7) is 7.44. The maximum atomic E-state index is 5.80. The molecule has 0 unspecified atom stereocenters. The van der Waals surface area contributed by atoms with Gasteiger partial charge in [-0.15, -0.1) is 0 Å². The van der Waals surface area contributed by atoms with Crippen molar-refractivity contribution in [2.24, 2.45) is 11.1 Å². The van der Waals surface area contributed by atoms with Gasteiger partial charge < -0.3 is 11.1 Å². The first-order valence-corrected chi connectivity index (χ1v) is 7.44. The molecule has 0 radical (unpaired) electrons. The van der Waals surface area contributed by atoms with Crippen LogP contribution in [0.3, 0.4) is 0 Å². The second kappa shape index (κ2) is 5.32. The molecule has 0 aromatic heterocycles. The van der Waals surface area contributed by atoms with Gasteiger partial charge in [-0.1, -0.05) is 41.9 Å². The summed E-state index contributed by atoms with van der Waals surface area (Å²) in [6, 6.07) is 8.61. The van der Waals surface area contributed by atoms with E-state index < -0.39 is 0 Å². The third-order valence-electron chi connectivity index (χ3n) is 4.08. The predicted octanol–water partition coefficient (Wildman–Crippen LogP) is 3.06. The third kappa shape index (κ3) is 3.34. The van der Waals surface area contributed by atoms with Crippen LogP contribution in [-0.2, 0) is 5.41 Å². The molecule has 0 spiro atoms. The Morgan fingerprint density at radius 3 is 2.39 bits per heavy atom. The molecule has 1 saturated carbocycles. The highest BCUT2D eigenvalue weighted by molar-refractivity contribution is 9.10. The summed E-state index contributed by atoms with van der Waals surface area (Å²) >= 11 is 3.48. The molecule has 1 aliphatic carbocycles. The predicted molar refractivity (Wildman–Crippen MR) is 80.8 cm³/mol. The second-order valence-corrected chi connectivity index (χ2v) is 7.11. The van der Waals surface area contributed by atoms with Crippen LogP contribution in [-0.4, -0.2) is 19.6 Å². The van der Waals surface area contributed by atoms with E-state index in [-0.39, 0.29) is 5.41 Å². The summed E-state index contributed by atoms with van der Waals surface area (Å²) in [7, 11) is 0. The second-order valence-electron chi connectivity index (χ2n) is 6.20. The van der Waals surface area contributed by atoms with Crippen LogP contribution in [0.5, 0.6) is 0 Å². The minimum absolute atomic E-state index is 0.158. The van der Waals surface area contributed by atoms with E-state index in [1.54, 1.807) is 0 Å². The van der Waals surface area contributed by atoms with Crippen LogP contribution in [0, 0.1) is 5.41 Å². The molecule has 1 aromatic rings. The van der Waals surface area contributed by atoms with Crippen molar-refractivity contribution in [3.05, 3.63) is 34.3 Å². The molecule has 3 N–H and O–H groups in total. The van der Waals surface area contributed by atoms with Crippen molar-refractivity contribution in [3.8, 4) is 0 Å². The molecule has 100 valence electrons. The topological polar surface area (TPSA) is 38.0 Å². The normalized spacial score (nSPS) is 17.8. The van der Waals surface area contributed by atoms with Crippen LogP contribution in [0.1, 0.15) is 32.3 Å². The van der Waals surface area contributed by atoms with Crippen molar-refractivity contribution in [1.82, 2.24) is 5.32 Å². The lowest BCUT2D eigenvalue weighted by Gasteiger charge is -2.27. The molecule has 0 aliphatic heterocycles. The molecule has 0 amide bonds. The fraction of sp³-hybridized carbons (Fsp3) is 0.600. The summed E-state index contributed by atoms with van der Waals surface area (Å²) in [5, 5.41) is 3.60. The molecule has 1 fully saturated rings. The molecule has 0 heterocycles. The molecule has 0 atom stereocenters. The molecule has 3 heteroatoms. The SMILES string of the molecule is CC(C)(CNCC1(CN)CC1)c1ccc(Br)cc1. The van der Waals surface area contributed by atoms with Gasteiger partial charge in [-0.25, -0.2) is 0 Å². The number of halogens is 1. The van der Waals surface area contributed by atoms with Crippen LogP contribution in [0.4, 0.5) is 0 Å². The first-order chi connectivity index (χ1) is 8.47. The fourth-order valence-electron chi connectivity index (χ4n) is 2.27. The van der Waals surface area contributed by atoms with Crippen molar-refractivity contribution in [3.63, 3.8) is 0 Å². The number of nitrogens with two attached hydrogens (primary N) is 1. The number of rotatable bonds is 6. The van der Waals surface area contributed by atoms with Gasteiger partial charge in [0.25, 0.3) is 0 Å². The third-order valence-corrected chi connectivity index (χ3v) is 4.61. The zero-order valence-electron chi connectivity index (χ0n) is 11.3. The Bertz CT molecular complexity index is 393. The van der Waals surface area contributed by atoms with Crippen LogP contribution < -0.4 is 11.1 Å². The standard InChI is InChI=1S/C15H23BrN2/c1-14(2,12-3-5-13(16)6-4-12)10-18-11-15(9-17)7-8-15/h3-6,18H,7-11,17H2,1-2H3. The highest BCUT2D eigenvalue weighted by Crippen LogP contribution is 2.43. The van der Waals surface area contributed by atoms with E-state index in [9.17, 15) is 0 Å². The quantitative estimate of drug-likeness (QED) is 0.847. The number of hydrogen-bond donors (Lipinski definition) is 2. The van der Waals surface area contributed by atoms with Gasteiger partial charge in [-0.05, 0) is 42.5 Å². The van der Waals surface area contributed by atoms with Crippen LogP contribution >= 0.6 is 15.9 Å². The van der Waals surface area contributed by atoms with Gasteiger partial charge >= 0.3 is 0 Å². The lowest BCUT2D eigenvalue weighted by Crippen LogP contribution is -2.38. The van der Waals surface area contributed by atoms with Gasteiger partial charge in [0.15, 0.2) is 0 Å². The Hall–Kier alpha value is -0.380. The van der Waals surface area contributed by atoms with E-state index in [4.69, 9.17) is 5.73 Å². The minimum atomic E-state index is 0.158. The molecule has 0 saturated heterocycles. The Labute approximate surface area is 118 Å². The zero-order chi connectivity index (χ0) is 13.2. The molecular weight excluding hydrogens is 288 g/mol. The number of hydrogen-bond acceptors (Lipinski definition) is 2. The van der Waals surface area contributed by atoms with Crippen LogP contribution in [0.25, 0.3) is 0 Å². The maximum absolute atomic E-state index is 5.80. The smallest absolute Gasteiger partial charge is 0.0175 e. The van der Waals surface area contributed by atoms with E-state index in [2.05, 4.69) is 59.4 Å². The molecule has 0 bridgehead atoms. The summed E-state index contributed by atoms with van der Waals surface area (Å²) in [5.74, 6) is 0. The highest BCUT2D eigenvalue weighted by atomic mass is 79.9. The van der Waals surface area contributed by atoms with E-state index in [1.165, 1.54) is 18.4 Å². The lowest BCUT2D eigenvalue weighted by molar-refractivity contribution is 0.410. The molecule has 1 aromatic carbocycles. The summed E-state index contributed by atoms with van der Waals surface area (Å²) in [4.78, 5) is 0. The van der Waals surface area contributed by atoms with Crippen molar-refractivity contribution in [1.29, 1.82) is 0 Å². The first-order valence-electron chi connectivity index (χ1n) is 6.64. The summed E-state index contributed by atoms with van der Waals surface area (Å²) in [5.41, 5.74) is 7.74. The van der Waals surface area contributed by atoms with E-state index in [0.717, 1.165) is 24.1 Å². The molecule has 2 nitrogen and oxygen atoms in total. The van der Waals surface area contributed by atoms with Gasteiger partial charge in [0.05, 0.1) is 0 Å². The fourth-order valence-corrected chi connectivity index (χ4v) is 2.54. The van der Waals surface area contributed by atoms with Crippen LogP contribution in [0.15, 0.2) is 28.7 Å². The Morgan fingerprint density at radius 1 is 1.28 bits per heavy atom. The molecular formula is C15H23BrN2. The Morgan fingerprint density at radius 2 is 1.89 bits per heavy atom. The lowest BCUT2D eigenvalue weighted by atomic mass is 9.84. The average molecular weight is 311 g/mol. The van der Waals surface area contributed by atoms with Gasteiger partial charge in [0.2, 0.25) is 0 Å². The van der Waals surface area contributed by atoms with E-state index in [1.807, 2.05) is 0 Å². The van der Waals surface area contributed by atoms with Crippen molar-refractivity contribution >= 4 is 15.9 Å². The van der Waals surface area contributed by atoms with Gasteiger partial charge in [-0.3, -0.25) is 0 Å². The number of nitrogens with one attached hydrogen (secondary N) is 1. The monoisotopic (exact) mass is 310 g/mol. The zero-order valence-corrected chi connectivity index (χ0v) is 12.9. The van der Waals surface area contributed by atoms with E-state index in [0.29, 0.717) is 5.41 Å². The first kappa shape index (κ1) is 14.0. The van der Waals surface area contributed by atoms with Crippen molar-refractivity contribution in [2.75, 3.05) is 19.6 Å². The summed E-state index contributed by atoms with van der Waals surface area (Å²) < 4.78 is 1.13.